The van der Waals surface area contributed by atoms with Crippen LogP contribution >= 0.6 is 0 Å². The first kappa shape index (κ1) is 21.3. The van der Waals surface area contributed by atoms with Gasteiger partial charge in [-0.15, -0.1) is 0 Å². The van der Waals surface area contributed by atoms with Crippen LogP contribution in [-0.2, 0) is 58.5 Å². The molecule has 0 saturated carbocycles. The monoisotopic (exact) mass is 391 g/mol. The van der Waals surface area contributed by atoms with Crippen LogP contribution in [0.2, 0.25) is 0 Å². The van der Waals surface area contributed by atoms with E-state index in [-0.39, 0.29) is 20.4 Å². The molecule has 120 valence electrons. The number of rotatable bonds is 5. The summed E-state index contributed by atoms with van der Waals surface area (Å²) in [5, 5.41) is 0. The van der Waals surface area contributed by atoms with Crippen LogP contribution in [0.15, 0.2) is 17.2 Å². The van der Waals surface area contributed by atoms with Crippen molar-refractivity contribution >= 4 is 23.9 Å². The van der Waals surface area contributed by atoms with Gasteiger partial charge in [0.25, 0.3) is 11.9 Å². The molecule has 0 radical (unpaired) electrons. The topological polar surface area (TPSA) is 105 Å². The second kappa shape index (κ2) is 10.8. The molecule has 0 aliphatic rings. The molecule has 0 aliphatic heterocycles. The van der Waals surface area contributed by atoms with Gasteiger partial charge in [0.05, 0.1) is 28.4 Å². The summed E-state index contributed by atoms with van der Waals surface area (Å²) in [7, 11) is 4.17. The van der Waals surface area contributed by atoms with Gasteiger partial charge in [-0.2, -0.15) is 0 Å². The van der Waals surface area contributed by atoms with E-state index >= 15 is 0 Å². The predicted octanol–water partition coefficient (Wildman–Crippen LogP) is -0.668. The molecule has 0 heterocycles. The van der Waals surface area contributed by atoms with Crippen LogP contribution in [0.1, 0.15) is 0 Å². The van der Waals surface area contributed by atoms with E-state index in [1.807, 2.05) is 6.08 Å². The summed E-state index contributed by atoms with van der Waals surface area (Å²) in [5.41, 5.74) is -1.16. The second-order valence-corrected chi connectivity index (χ2v) is 3.06. The summed E-state index contributed by atoms with van der Waals surface area (Å²) in [6, 6.07) is 0. The van der Waals surface area contributed by atoms with Crippen LogP contribution in [0.3, 0.4) is 0 Å². The maximum atomic E-state index is 11.6. The van der Waals surface area contributed by atoms with E-state index in [1.54, 1.807) is 0 Å². The number of methoxy groups -OCH3 is 4. The van der Waals surface area contributed by atoms with Gasteiger partial charge >= 0.3 is 5.97 Å². The van der Waals surface area contributed by atoms with Gasteiger partial charge in [-0.1, -0.05) is 11.6 Å². The van der Waals surface area contributed by atoms with Crippen molar-refractivity contribution in [3.05, 3.63) is 23.3 Å². The summed E-state index contributed by atoms with van der Waals surface area (Å²) in [6.45, 7) is 0. The fourth-order valence-electron chi connectivity index (χ4n) is 1.00. The standard InChI is InChI=1S/C12H13O8.Pd/c1-17-9(13)5-7(11(15)19-3)8(12(16)20-4)6-10(14)18-2;/h5H,1-4H3;/q-1;. The molecular formula is C12H13O8Pd-. The van der Waals surface area contributed by atoms with Crippen LogP contribution in [0.5, 0.6) is 0 Å². The van der Waals surface area contributed by atoms with E-state index in [0.717, 1.165) is 28.4 Å². The molecule has 0 N–H and O–H groups in total. The van der Waals surface area contributed by atoms with Crippen molar-refractivity contribution in [2.75, 3.05) is 28.4 Å². The van der Waals surface area contributed by atoms with Crippen LogP contribution in [0, 0.1) is 6.08 Å². The quantitative estimate of drug-likeness (QED) is 0.152. The molecule has 0 fully saturated rings. The average molecular weight is 392 g/mol. The molecule has 8 nitrogen and oxygen atoms in total. The van der Waals surface area contributed by atoms with Crippen LogP contribution in [-0.4, -0.2) is 52.3 Å². The van der Waals surface area contributed by atoms with E-state index in [1.165, 1.54) is 0 Å². The molecule has 0 saturated heterocycles. The van der Waals surface area contributed by atoms with Crippen molar-refractivity contribution in [3.8, 4) is 0 Å². The molecule has 0 amide bonds. The van der Waals surface area contributed by atoms with Gasteiger partial charge in [0.15, 0.2) is 0 Å². The number of esters is 4. The fraction of sp³-hybridized carbons (Fsp3) is 0.333. The van der Waals surface area contributed by atoms with E-state index in [0.29, 0.717) is 6.08 Å². The molecule has 9 heteroatoms. The molecule has 0 spiro atoms. The summed E-state index contributed by atoms with van der Waals surface area (Å²) >= 11 is 0. The molecule has 21 heavy (non-hydrogen) atoms. The Morgan fingerprint density at radius 2 is 1.33 bits per heavy atom. The third-order valence-electron chi connectivity index (χ3n) is 1.94. The summed E-state index contributed by atoms with van der Waals surface area (Å²) in [5.74, 6) is -4.09. The molecule has 0 aromatic carbocycles. The number of ether oxygens (including phenoxy) is 4. The summed E-state index contributed by atoms with van der Waals surface area (Å²) in [6.07, 6.45) is 2.64. The first-order valence-corrected chi connectivity index (χ1v) is 5.09. The third-order valence-corrected chi connectivity index (χ3v) is 1.94. The molecule has 0 rings (SSSR count). The molecular weight excluding hydrogens is 379 g/mol. The van der Waals surface area contributed by atoms with Crippen molar-refractivity contribution in [3.63, 3.8) is 0 Å². The van der Waals surface area contributed by atoms with Gasteiger partial charge < -0.3 is 23.7 Å². The zero-order valence-corrected chi connectivity index (χ0v) is 13.2. The number of carbonyl (C=O) groups is 4. The Hall–Kier alpha value is -1.98. The van der Waals surface area contributed by atoms with Gasteiger partial charge in [0.2, 0.25) is 5.97 Å². The van der Waals surface area contributed by atoms with Crippen molar-refractivity contribution in [2.24, 2.45) is 0 Å². The average Bonchev–Trinajstić information content (AvgIpc) is 2.48. The minimum absolute atomic E-state index is 0. The number of hydrogen-bond acceptors (Lipinski definition) is 8. The van der Waals surface area contributed by atoms with Gasteiger partial charge in [-0.3, -0.25) is 9.59 Å². The number of hydrogen-bond donors (Lipinski definition) is 0. The van der Waals surface area contributed by atoms with Crippen LogP contribution < -0.4 is 0 Å². The Morgan fingerprint density at radius 1 is 0.810 bits per heavy atom. The van der Waals surface area contributed by atoms with Gasteiger partial charge in [-0.25, -0.2) is 4.79 Å². The Labute approximate surface area is 134 Å². The maximum absolute atomic E-state index is 11.6. The SMILES string of the molecule is COC(=O)[C-]=C(C(=O)OC)C(=CC(=O)OC)C(=O)OC.[Pd]. The first-order valence-electron chi connectivity index (χ1n) is 5.09. The minimum Gasteiger partial charge on any atom is -0.523 e. The molecule has 0 aromatic heterocycles. The van der Waals surface area contributed by atoms with Gasteiger partial charge in [0, 0.05) is 20.4 Å². The molecule has 0 aromatic rings. The molecule has 0 aliphatic carbocycles. The Balaban J connectivity index is 0. The van der Waals surface area contributed by atoms with E-state index in [9.17, 15) is 19.2 Å². The van der Waals surface area contributed by atoms with Crippen molar-refractivity contribution in [2.45, 2.75) is 0 Å². The normalized spacial score (nSPS) is 10.9. The Kier molecular flexibility index (Phi) is 10.9. The predicted molar refractivity (Wildman–Crippen MR) is 62.9 cm³/mol. The third kappa shape index (κ3) is 6.83. The van der Waals surface area contributed by atoms with Crippen molar-refractivity contribution in [1.82, 2.24) is 0 Å². The van der Waals surface area contributed by atoms with E-state index < -0.39 is 35.0 Å². The van der Waals surface area contributed by atoms with Gasteiger partial charge in [0.1, 0.15) is 0 Å². The Morgan fingerprint density at radius 3 is 1.71 bits per heavy atom. The fourth-order valence-corrected chi connectivity index (χ4v) is 1.00. The summed E-state index contributed by atoms with van der Waals surface area (Å²) < 4.78 is 17.4. The summed E-state index contributed by atoms with van der Waals surface area (Å²) in [4.78, 5) is 45.5. The smallest absolute Gasteiger partial charge is 0.319 e. The zero-order valence-electron chi connectivity index (χ0n) is 11.7. The molecule has 0 atom stereocenters. The van der Waals surface area contributed by atoms with E-state index in [2.05, 4.69) is 18.9 Å². The first-order chi connectivity index (χ1) is 9.40. The minimum atomic E-state index is -1.07. The second-order valence-electron chi connectivity index (χ2n) is 3.06. The van der Waals surface area contributed by atoms with Crippen LogP contribution in [0.25, 0.3) is 0 Å². The number of carbonyl (C=O) groups excluding carboxylic acids is 4. The van der Waals surface area contributed by atoms with Crippen LogP contribution in [0.4, 0.5) is 0 Å². The van der Waals surface area contributed by atoms with E-state index in [4.69, 9.17) is 0 Å². The molecule has 0 bridgehead atoms. The Bertz CT molecular complexity index is 434. The van der Waals surface area contributed by atoms with Crippen molar-refractivity contribution < 1.29 is 58.5 Å². The zero-order chi connectivity index (χ0) is 15.7. The van der Waals surface area contributed by atoms with Crippen molar-refractivity contribution in [1.29, 1.82) is 0 Å². The molecule has 0 unspecified atom stereocenters. The maximum Gasteiger partial charge on any atom is 0.319 e. The van der Waals surface area contributed by atoms with Gasteiger partial charge in [-0.05, 0) is 11.6 Å². The largest absolute Gasteiger partial charge is 0.523 e.